The summed E-state index contributed by atoms with van der Waals surface area (Å²) in [5, 5.41) is 1.90. The molecule has 1 unspecified atom stereocenters. The summed E-state index contributed by atoms with van der Waals surface area (Å²) in [5.74, 6) is 0.183. The second-order valence-electron chi connectivity index (χ2n) is 12.6. The number of rotatable bonds is 11. The fourth-order valence-electron chi connectivity index (χ4n) is 6.78. The van der Waals surface area contributed by atoms with Gasteiger partial charge in [-0.2, -0.15) is 26.3 Å². The van der Waals surface area contributed by atoms with Gasteiger partial charge < -0.3 is 23.8 Å². The van der Waals surface area contributed by atoms with E-state index in [0.717, 1.165) is 10.4 Å². The first kappa shape index (κ1) is 34.7. The molecule has 1 N–H and O–H groups in total. The molecule has 0 saturated carbocycles. The maximum Gasteiger partial charge on any atom is 0.411 e. The molecule has 0 spiro atoms. The molecule has 5 rings (SSSR count). The van der Waals surface area contributed by atoms with Gasteiger partial charge in [0, 0.05) is 23.1 Å². The molecule has 13 heteroatoms. The van der Waals surface area contributed by atoms with Crippen molar-refractivity contribution in [3.8, 4) is 5.75 Å². The zero-order chi connectivity index (χ0) is 34.2. The highest BCUT2D eigenvalue weighted by atomic mass is 28.3. The lowest BCUT2D eigenvalue weighted by Crippen LogP contribution is -2.76. The number of halogens is 6. The third kappa shape index (κ3) is 6.98. The predicted molar refractivity (Wildman–Crippen MR) is 169 cm³/mol. The maximum atomic E-state index is 13.8. The molecule has 47 heavy (non-hydrogen) atoms. The first-order chi connectivity index (χ1) is 22.1. The van der Waals surface area contributed by atoms with Crippen molar-refractivity contribution in [1.29, 1.82) is 0 Å². The van der Waals surface area contributed by atoms with Gasteiger partial charge in [0.25, 0.3) is 0 Å². The van der Waals surface area contributed by atoms with Gasteiger partial charge in [-0.1, -0.05) is 81.4 Å². The van der Waals surface area contributed by atoms with Crippen molar-refractivity contribution in [2.75, 3.05) is 20.3 Å². The standard InChI is InChI=1S/C34H36F6N2O4Si/c1-32(2,3)47(23-11-7-5-8-12-23,24-13-9-6-10-14-24)41-26-17-42-27-15-22(18-43)16-28(44-4)29(27)25(19-45-20-33(35,36)37)30(42)31(26)46-21-34(38,39)40/h5-16,18,26,31,41H,17,19-21H2,1-4H3/t26-,31?/m0/s1. The zero-order valence-electron chi connectivity index (χ0n) is 26.3. The average Bonchev–Trinajstić information content (AvgIpc) is 3.51. The maximum absolute atomic E-state index is 13.8. The Morgan fingerprint density at radius 1 is 0.894 bits per heavy atom. The highest BCUT2D eigenvalue weighted by Gasteiger charge is 2.52. The molecule has 2 heterocycles. The normalized spacial score (nSPS) is 17.2. The number of benzene rings is 3. The summed E-state index contributed by atoms with van der Waals surface area (Å²) in [7, 11) is -1.76. The van der Waals surface area contributed by atoms with Gasteiger partial charge in [-0.05, 0) is 27.5 Å². The van der Waals surface area contributed by atoms with Crippen LogP contribution in [-0.4, -0.2) is 57.8 Å². The number of aromatic nitrogens is 1. The van der Waals surface area contributed by atoms with E-state index in [9.17, 15) is 31.1 Å². The van der Waals surface area contributed by atoms with Crippen LogP contribution in [-0.2, 0) is 22.6 Å². The molecule has 1 aromatic heterocycles. The lowest BCUT2D eigenvalue weighted by atomic mass is 10.0. The molecule has 3 aromatic carbocycles. The molecule has 2 atom stereocenters. The van der Waals surface area contributed by atoms with Crippen LogP contribution in [0, 0.1) is 0 Å². The van der Waals surface area contributed by atoms with Gasteiger partial charge in [0.05, 0.1) is 31.0 Å². The van der Waals surface area contributed by atoms with Gasteiger partial charge >= 0.3 is 12.4 Å². The highest BCUT2D eigenvalue weighted by molar-refractivity contribution is 7.02. The van der Waals surface area contributed by atoms with Gasteiger partial charge in [-0.15, -0.1) is 0 Å². The molecular weight excluding hydrogens is 642 g/mol. The number of carbonyl (C=O) groups excluding carboxylic acids is 1. The van der Waals surface area contributed by atoms with E-state index < -0.39 is 57.6 Å². The molecule has 6 nitrogen and oxygen atoms in total. The van der Waals surface area contributed by atoms with Crippen molar-refractivity contribution < 1.29 is 45.3 Å². The van der Waals surface area contributed by atoms with Gasteiger partial charge in [0.2, 0.25) is 0 Å². The summed E-state index contributed by atoms with van der Waals surface area (Å²) < 4.78 is 98.9. The molecule has 1 aliphatic heterocycles. The number of fused-ring (bicyclic) bond motifs is 3. The molecule has 1 aliphatic rings. The summed E-state index contributed by atoms with van der Waals surface area (Å²) in [6.45, 7) is 2.63. The summed E-state index contributed by atoms with van der Waals surface area (Å²) in [5.41, 5.74) is 1.09. The fourth-order valence-corrected chi connectivity index (χ4v) is 11.8. The Kier molecular flexibility index (Phi) is 9.66. The van der Waals surface area contributed by atoms with E-state index in [2.05, 4.69) is 25.8 Å². The van der Waals surface area contributed by atoms with Crippen molar-refractivity contribution in [1.82, 2.24) is 9.55 Å². The van der Waals surface area contributed by atoms with Crippen LogP contribution in [0.3, 0.4) is 0 Å². The number of methoxy groups -OCH3 is 1. The number of nitrogens with one attached hydrogen (secondary N) is 1. The third-order valence-corrected chi connectivity index (χ3v) is 14.0. The number of alkyl halides is 6. The van der Waals surface area contributed by atoms with Crippen LogP contribution in [0.15, 0.2) is 72.8 Å². The van der Waals surface area contributed by atoms with E-state index in [1.54, 1.807) is 10.6 Å². The molecule has 0 aliphatic carbocycles. The van der Waals surface area contributed by atoms with Crippen LogP contribution in [0.5, 0.6) is 5.75 Å². The van der Waals surface area contributed by atoms with E-state index in [1.165, 1.54) is 13.2 Å². The molecule has 0 fully saturated rings. The van der Waals surface area contributed by atoms with Crippen LogP contribution in [0.4, 0.5) is 26.3 Å². The summed E-state index contributed by atoms with van der Waals surface area (Å²) in [4.78, 5) is 15.7. The summed E-state index contributed by atoms with van der Waals surface area (Å²) in [6, 6.07) is 21.7. The minimum Gasteiger partial charge on any atom is -0.496 e. The van der Waals surface area contributed by atoms with Gasteiger partial charge in [-0.25, -0.2) is 0 Å². The topological polar surface area (TPSA) is 61.7 Å². The van der Waals surface area contributed by atoms with E-state index in [-0.39, 0.29) is 29.1 Å². The third-order valence-electron chi connectivity index (χ3n) is 8.55. The molecular formula is C34H36F6N2O4Si. The van der Waals surface area contributed by atoms with Crippen LogP contribution >= 0.6 is 0 Å². The lowest BCUT2D eigenvalue weighted by Gasteiger charge is -2.46. The van der Waals surface area contributed by atoms with Crippen molar-refractivity contribution >= 4 is 35.8 Å². The zero-order valence-corrected chi connectivity index (χ0v) is 27.3. The lowest BCUT2D eigenvalue weighted by molar-refractivity contribution is -0.188. The number of hydrogen-bond donors (Lipinski definition) is 1. The van der Waals surface area contributed by atoms with Crippen molar-refractivity contribution in [3.05, 3.63) is 89.6 Å². The molecule has 252 valence electrons. The molecule has 0 saturated heterocycles. The second-order valence-corrected chi connectivity index (χ2v) is 17.1. The fraction of sp³-hybridized carbons (Fsp3) is 0.382. The van der Waals surface area contributed by atoms with E-state index in [1.807, 2.05) is 60.7 Å². The Balaban J connectivity index is 1.73. The average molecular weight is 679 g/mol. The quantitative estimate of drug-likeness (QED) is 0.109. The molecule has 0 amide bonds. The number of aldehydes is 1. The van der Waals surface area contributed by atoms with E-state index >= 15 is 0 Å². The summed E-state index contributed by atoms with van der Waals surface area (Å²) in [6.07, 6.45) is -9.96. The minimum absolute atomic E-state index is 0.101. The number of ether oxygens (including phenoxy) is 3. The minimum atomic E-state index is -4.68. The number of hydrogen-bond acceptors (Lipinski definition) is 5. The number of carbonyl (C=O) groups is 1. The van der Waals surface area contributed by atoms with Crippen molar-refractivity contribution in [2.24, 2.45) is 0 Å². The Morgan fingerprint density at radius 3 is 1.96 bits per heavy atom. The van der Waals surface area contributed by atoms with Crippen LogP contribution < -0.4 is 20.1 Å². The summed E-state index contributed by atoms with van der Waals surface area (Å²) >= 11 is 0. The van der Waals surface area contributed by atoms with Crippen molar-refractivity contribution in [3.63, 3.8) is 0 Å². The Bertz CT molecular complexity index is 1660. The molecule has 0 radical (unpaired) electrons. The van der Waals surface area contributed by atoms with Crippen molar-refractivity contribution in [2.45, 2.75) is 63.5 Å². The highest BCUT2D eigenvalue weighted by Crippen LogP contribution is 2.45. The first-order valence-electron chi connectivity index (χ1n) is 15.0. The molecule has 4 aromatic rings. The van der Waals surface area contributed by atoms with Gasteiger partial charge in [0.1, 0.15) is 31.4 Å². The monoisotopic (exact) mass is 678 g/mol. The van der Waals surface area contributed by atoms with E-state index in [4.69, 9.17) is 14.2 Å². The van der Waals surface area contributed by atoms with Gasteiger partial charge in [-0.3, -0.25) is 4.79 Å². The Labute approximate surface area is 269 Å². The van der Waals surface area contributed by atoms with E-state index in [0.29, 0.717) is 17.2 Å². The van der Waals surface area contributed by atoms with Crippen LogP contribution in [0.2, 0.25) is 5.04 Å². The van der Waals surface area contributed by atoms with Crippen LogP contribution in [0.1, 0.15) is 48.5 Å². The molecule has 0 bridgehead atoms. The smallest absolute Gasteiger partial charge is 0.411 e. The largest absolute Gasteiger partial charge is 0.496 e. The second kappa shape index (κ2) is 13.1. The predicted octanol–water partition coefficient (Wildman–Crippen LogP) is 6.69. The Morgan fingerprint density at radius 2 is 1.47 bits per heavy atom. The number of nitrogens with zero attached hydrogens (tertiary/aromatic N) is 1. The first-order valence-corrected chi connectivity index (χ1v) is 17.0. The van der Waals surface area contributed by atoms with Crippen LogP contribution in [0.25, 0.3) is 10.9 Å². The Hall–Kier alpha value is -3.65. The van der Waals surface area contributed by atoms with Gasteiger partial charge in [0.15, 0.2) is 8.24 Å². The SMILES string of the molecule is COc1cc(C=O)cc2c1c(COCC(F)(F)F)c1n2C[C@H](N[Si](c2ccccc2)(c2ccccc2)C(C)(C)C)C1OCC(F)(F)F.